The van der Waals surface area contributed by atoms with Crippen LogP contribution in [0.3, 0.4) is 0 Å². The van der Waals surface area contributed by atoms with Gasteiger partial charge in [0.25, 0.3) is 5.91 Å². The van der Waals surface area contributed by atoms with Gasteiger partial charge >= 0.3 is 6.18 Å². The van der Waals surface area contributed by atoms with Gasteiger partial charge in [0.2, 0.25) is 5.91 Å². The zero-order chi connectivity index (χ0) is 19.9. The maximum Gasteiger partial charge on any atom is 0.422 e. The van der Waals surface area contributed by atoms with E-state index >= 15 is 0 Å². The van der Waals surface area contributed by atoms with E-state index in [4.69, 9.17) is 0 Å². The summed E-state index contributed by atoms with van der Waals surface area (Å²) in [7, 11) is 0. The van der Waals surface area contributed by atoms with Gasteiger partial charge in [0.1, 0.15) is 11.6 Å². The summed E-state index contributed by atoms with van der Waals surface area (Å²) >= 11 is 0. The van der Waals surface area contributed by atoms with Crippen molar-refractivity contribution in [2.75, 3.05) is 13.2 Å². The van der Waals surface area contributed by atoms with E-state index in [1.807, 2.05) is 0 Å². The van der Waals surface area contributed by atoms with Gasteiger partial charge in [0.05, 0.1) is 12.1 Å². The van der Waals surface area contributed by atoms with Crippen molar-refractivity contribution in [3.05, 3.63) is 65.5 Å². The predicted octanol–water partition coefficient (Wildman–Crippen LogP) is 2.81. The van der Waals surface area contributed by atoms with Crippen LogP contribution < -0.4 is 15.4 Å². The van der Waals surface area contributed by atoms with Crippen LogP contribution in [0.1, 0.15) is 15.9 Å². The van der Waals surface area contributed by atoms with Crippen molar-refractivity contribution in [3.63, 3.8) is 0 Å². The Morgan fingerprint density at radius 2 is 1.63 bits per heavy atom. The molecule has 0 aliphatic carbocycles. The Kier molecular flexibility index (Phi) is 6.75. The molecule has 0 fully saturated rings. The molecule has 2 amide bonds. The van der Waals surface area contributed by atoms with Gasteiger partial charge in [-0.2, -0.15) is 13.2 Å². The van der Waals surface area contributed by atoms with E-state index in [0.29, 0.717) is 5.56 Å². The van der Waals surface area contributed by atoms with Crippen LogP contribution in [0.25, 0.3) is 0 Å². The van der Waals surface area contributed by atoms with Gasteiger partial charge in [0.15, 0.2) is 6.61 Å². The van der Waals surface area contributed by atoms with Crippen molar-refractivity contribution in [1.82, 2.24) is 10.6 Å². The maximum absolute atomic E-state index is 13.5. The molecular weight excluding hydrogens is 368 g/mol. The number of rotatable bonds is 7. The van der Waals surface area contributed by atoms with Gasteiger partial charge in [-0.1, -0.05) is 24.3 Å². The molecule has 2 aromatic carbocycles. The number of hydrogen-bond donors (Lipinski definition) is 2. The summed E-state index contributed by atoms with van der Waals surface area (Å²) in [6.07, 6.45) is -4.42. The van der Waals surface area contributed by atoms with Crippen LogP contribution in [0, 0.1) is 5.82 Å². The molecule has 0 heterocycles. The highest BCUT2D eigenvalue weighted by atomic mass is 19.4. The Balaban J connectivity index is 1.75. The minimum atomic E-state index is -4.42. The molecule has 27 heavy (non-hydrogen) atoms. The number of nitrogens with one attached hydrogen (secondary N) is 2. The highest BCUT2D eigenvalue weighted by Crippen LogP contribution is 2.18. The second kappa shape index (κ2) is 9.02. The first-order valence-electron chi connectivity index (χ1n) is 7.82. The van der Waals surface area contributed by atoms with Gasteiger partial charge in [-0.3, -0.25) is 9.59 Å². The summed E-state index contributed by atoms with van der Waals surface area (Å²) in [6, 6.07) is 11.1. The number of carbonyl (C=O) groups is 2. The van der Waals surface area contributed by atoms with E-state index in [9.17, 15) is 27.2 Å². The molecule has 0 radical (unpaired) electrons. The summed E-state index contributed by atoms with van der Waals surface area (Å²) in [4.78, 5) is 23.5. The third kappa shape index (κ3) is 6.96. The lowest BCUT2D eigenvalue weighted by molar-refractivity contribution is -0.153. The van der Waals surface area contributed by atoms with Crippen LogP contribution >= 0.6 is 0 Å². The Labute approximate surface area is 152 Å². The molecule has 0 aromatic heterocycles. The largest absolute Gasteiger partial charge is 0.484 e. The third-order valence-electron chi connectivity index (χ3n) is 3.34. The van der Waals surface area contributed by atoms with Crippen molar-refractivity contribution in [2.24, 2.45) is 0 Å². The van der Waals surface area contributed by atoms with Gasteiger partial charge in [-0.15, -0.1) is 0 Å². The molecule has 0 atom stereocenters. The lowest BCUT2D eigenvalue weighted by Gasteiger charge is -2.10. The van der Waals surface area contributed by atoms with Crippen LogP contribution in [-0.4, -0.2) is 31.1 Å². The molecule has 0 spiro atoms. The minimum Gasteiger partial charge on any atom is -0.484 e. The summed E-state index contributed by atoms with van der Waals surface area (Å²) < 4.78 is 54.2. The number of halogens is 4. The Bertz CT molecular complexity index is 792. The number of carbonyl (C=O) groups excluding carboxylic acids is 2. The van der Waals surface area contributed by atoms with Gasteiger partial charge in [0, 0.05) is 6.54 Å². The van der Waals surface area contributed by atoms with Crippen LogP contribution in [0.15, 0.2) is 48.5 Å². The van der Waals surface area contributed by atoms with Gasteiger partial charge < -0.3 is 15.4 Å². The number of hydrogen-bond acceptors (Lipinski definition) is 3. The summed E-state index contributed by atoms with van der Waals surface area (Å²) in [5, 5.41) is 4.83. The molecule has 2 aromatic rings. The fourth-order valence-corrected chi connectivity index (χ4v) is 2.03. The quantitative estimate of drug-likeness (QED) is 0.722. The van der Waals surface area contributed by atoms with E-state index in [0.717, 1.165) is 6.07 Å². The van der Waals surface area contributed by atoms with Gasteiger partial charge in [-0.25, -0.2) is 4.39 Å². The molecule has 2 rings (SSSR count). The monoisotopic (exact) mass is 384 g/mol. The topological polar surface area (TPSA) is 67.4 Å². The Morgan fingerprint density at radius 1 is 0.963 bits per heavy atom. The Hall–Kier alpha value is -3.10. The predicted molar refractivity (Wildman–Crippen MR) is 88.6 cm³/mol. The maximum atomic E-state index is 13.5. The van der Waals surface area contributed by atoms with E-state index in [2.05, 4.69) is 15.4 Å². The van der Waals surface area contributed by atoms with Crippen LogP contribution in [0.4, 0.5) is 17.6 Å². The summed E-state index contributed by atoms with van der Waals surface area (Å²) in [5.41, 5.74) is 0.461. The lowest BCUT2D eigenvalue weighted by Crippen LogP contribution is -2.36. The second-order valence-corrected chi connectivity index (χ2v) is 5.49. The number of amides is 2. The van der Waals surface area contributed by atoms with E-state index in [-0.39, 0.29) is 24.4 Å². The normalized spacial score (nSPS) is 11.0. The molecule has 0 bridgehead atoms. The van der Waals surface area contributed by atoms with E-state index < -0.39 is 30.4 Å². The molecule has 9 heteroatoms. The smallest absolute Gasteiger partial charge is 0.422 e. The average molecular weight is 384 g/mol. The zero-order valence-corrected chi connectivity index (χ0v) is 14.0. The molecule has 5 nitrogen and oxygen atoms in total. The first-order valence-corrected chi connectivity index (χ1v) is 7.82. The highest BCUT2D eigenvalue weighted by Gasteiger charge is 2.28. The molecule has 144 valence electrons. The molecular formula is C18H16F4N2O3. The first kappa shape index (κ1) is 20.2. The molecule has 0 aliphatic rings. The van der Waals surface area contributed by atoms with Crippen LogP contribution in [-0.2, 0) is 11.3 Å². The standard InChI is InChI=1S/C18H16F4N2O3/c19-15-4-2-1-3-14(15)17(26)24-10-16(25)23-9-12-5-7-13(8-6-12)27-11-18(20,21)22/h1-8H,9-11H2,(H,23,25)(H,24,26). The molecule has 0 aliphatic heterocycles. The summed E-state index contributed by atoms with van der Waals surface area (Å²) in [6.45, 7) is -1.63. The number of ether oxygens (including phenoxy) is 1. The van der Waals surface area contributed by atoms with Crippen LogP contribution in [0.2, 0.25) is 0 Å². The first-order chi connectivity index (χ1) is 12.7. The highest BCUT2D eigenvalue weighted by molar-refractivity contribution is 5.96. The fourth-order valence-electron chi connectivity index (χ4n) is 2.03. The molecule has 0 unspecified atom stereocenters. The van der Waals surface area contributed by atoms with Crippen molar-refractivity contribution >= 4 is 11.8 Å². The second-order valence-electron chi connectivity index (χ2n) is 5.49. The van der Waals surface area contributed by atoms with Crippen molar-refractivity contribution in [2.45, 2.75) is 12.7 Å². The van der Waals surface area contributed by atoms with Crippen molar-refractivity contribution in [3.8, 4) is 5.75 Å². The lowest BCUT2D eigenvalue weighted by atomic mass is 10.2. The van der Waals surface area contributed by atoms with Crippen molar-refractivity contribution in [1.29, 1.82) is 0 Å². The molecule has 2 N–H and O–H groups in total. The van der Waals surface area contributed by atoms with E-state index in [1.165, 1.54) is 42.5 Å². The molecule has 0 saturated heterocycles. The number of alkyl halides is 3. The SMILES string of the molecule is O=C(CNC(=O)c1ccccc1F)NCc1ccc(OCC(F)(F)F)cc1. The zero-order valence-electron chi connectivity index (χ0n) is 14.0. The number of benzene rings is 2. The third-order valence-corrected chi connectivity index (χ3v) is 3.34. The fraction of sp³-hybridized carbons (Fsp3) is 0.222. The van der Waals surface area contributed by atoms with Crippen molar-refractivity contribution < 1.29 is 31.9 Å². The Morgan fingerprint density at radius 3 is 2.26 bits per heavy atom. The van der Waals surface area contributed by atoms with Gasteiger partial charge in [-0.05, 0) is 29.8 Å². The minimum absolute atomic E-state index is 0.0551. The van der Waals surface area contributed by atoms with E-state index in [1.54, 1.807) is 0 Å². The van der Waals surface area contributed by atoms with Crippen LogP contribution in [0.5, 0.6) is 5.75 Å². The molecule has 0 saturated carbocycles. The summed E-state index contributed by atoms with van der Waals surface area (Å²) in [5.74, 6) is -1.85. The average Bonchev–Trinajstić information content (AvgIpc) is 2.63.